The number of rotatable bonds is 3. The summed E-state index contributed by atoms with van der Waals surface area (Å²) < 4.78 is 11.0. The average molecular weight is 412 g/mol. The van der Waals surface area contributed by atoms with Gasteiger partial charge in [-0.3, -0.25) is 0 Å². The van der Waals surface area contributed by atoms with E-state index in [9.17, 15) is 30.6 Å². The zero-order valence-electron chi connectivity index (χ0n) is 15.9. The van der Waals surface area contributed by atoms with Crippen LogP contribution in [-0.2, 0) is 0 Å². The van der Waals surface area contributed by atoms with Crippen LogP contribution in [-0.4, -0.2) is 43.9 Å². The number of aliphatic hydroxyl groups excluding tert-OH is 1. The van der Waals surface area contributed by atoms with Crippen molar-refractivity contribution in [2.75, 3.05) is 7.11 Å². The molecule has 6 N–H and O–H groups in total. The van der Waals surface area contributed by atoms with E-state index in [4.69, 9.17) is 9.47 Å². The third kappa shape index (κ3) is 3.07. The quantitative estimate of drug-likeness (QED) is 0.361. The lowest BCUT2D eigenvalue weighted by Gasteiger charge is -2.37. The predicted molar refractivity (Wildman–Crippen MR) is 105 cm³/mol. The first-order valence-corrected chi connectivity index (χ1v) is 9.10. The number of fused-ring (bicyclic) bond motifs is 1. The SMILES string of the molecule is COc1c(O)ccc([C@@H]2c3ccc(O)cc3O[C@H](c3ccc(O)c(O)c3)[C@H]2O)c1O. The maximum atomic E-state index is 11.2. The van der Waals surface area contributed by atoms with Gasteiger partial charge in [-0.25, -0.2) is 0 Å². The van der Waals surface area contributed by atoms with E-state index < -0.39 is 18.1 Å². The van der Waals surface area contributed by atoms with Crippen molar-refractivity contribution in [3.63, 3.8) is 0 Å². The Morgan fingerprint density at radius 2 is 1.50 bits per heavy atom. The van der Waals surface area contributed by atoms with Crippen molar-refractivity contribution < 1.29 is 40.1 Å². The van der Waals surface area contributed by atoms with E-state index in [1.54, 1.807) is 6.07 Å². The first-order valence-electron chi connectivity index (χ1n) is 9.10. The van der Waals surface area contributed by atoms with Gasteiger partial charge in [0, 0.05) is 23.1 Å². The van der Waals surface area contributed by atoms with Gasteiger partial charge in [0.15, 0.2) is 29.1 Å². The number of ether oxygens (including phenoxy) is 2. The summed E-state index contributed by atoms with van der Waals surface area (Å²) in [5.74, 6) is -2.02. The summed E-state index contributed by atoms with van der Waals surface area (Å²) in [5, 5.41) is 61.2. The van der Waals surface area contributed by atoms with Crippen LogP contribution >= 0.6 is 0 Å². The maximum Gasteiger partial charge on any atom is 0.203 e. The summed E-state index contributed by atoms with van der Waals surface area (Å²) in [4.78, 5) is 0. The molecule has 1 aliphatic heterocycles. The van der Waals surface area contributed by atoms with Crippen molar-refractivity contribution in [2.24, 2.45) is 0 Å². The molecule has 0 aromatic heterocycles. The van der Waals surface area contributed by atoms with Crippen molar-refractivity contribution in [1.29, 1.82) is 0 Å². The van der Waals surface area contributed by atoms with Crippen molar-refractivity contribution in [1.82, 2.24) is 0 Å². The molecule has 156 valence electrons. The molecule has 30 heavy (non-hydrogen) atoms. The second-order valence-corrected chi connectivity index (χ2v) is 7.03. The Hall–Kier alpha value is -3.78. The van der Waals surface area contributed by atoms with E-state index in [-0.39, 0.29) is 45.8 Å². The average Bonchev–Trinajstić information content (AvgIpc) is 2.71. The van der Waals surface area contributed by atoms with Gasteiger partial charge in [0.1, 0.15) is 17.6 Å². The van der Waals surface area contributed by atoms with Crippen LogP contribution in [0.5, 0.6) is 40.2 Å². The van der Waals surface area contributed by atoms with Crippen LogP contribution in [0.2, 0.25) is 0 Å². The van der Waals surface area contributed by atoms with E-state index in [1.807, 2.05) is 0 Å². The molecule has 8 heteroatoms. The smallest absolute Gasteiger partial charge is 0.203 e. The molecule has 3 aromatic carbocycles. The summed E-state index contributed by atoms with van der Waals surface area (Å²) in [6.45, 7) is 0. The topological polar surface area (TPSA) is 140 Å². The minimum atomic E-state index is -1.23. The molecule has 4 rings (SSSR count). The molecular weight excluding hydrogens is 392 g/mol. The van der Waals surface area contributed by atoms with Crippen LogP contribution in [0.3, 0.4) is 0 Å². The highest BCUT2D eigenvalue weighted by Gasteiger charge is 2.41. The van der Waals surface area contributed by atoms with E-state index in [0.717, 1.165) is 0 Å². The Morgan fingerprint density at radius 3 is 2.20 bits per heavy atom. The number of aromatic hydroxyl groups is 5. The highest BCUT2D eigenvalue weighted by molar-refractivity contribution is 5.60. The van der Waals surface area contributed by atoms with Gasteiger partial charge in [-0.1, -0.05) is 18.2 Å². The molecular formula is C22H20O8. The van der Waals surface area contributed by atoms with E-state index in [2.05, 4.69) is 0 Å². The first-order chi connectivity index (χ1) is 14.3. The van der Waals surface area contributed by atoms with Crippen LogP contribution in [0.15, 0.2) is 48.5 Å². The molecule has 0 amide bonds. The van der Waals surface area contributed by atoms with Crippen molar-refractivity contribution in [3.8, 4) is 40.2 Å². The molecule has 1 heterocycles. The third-order valence-electron chi connectivity index (χ3n) is 5.25. The van der Waals surface area contributed by atoms with Crippen molar-refractivity contribution >= 4 is 0 Å². The normalized spacial score (nSPS) is 20.3. The molecule has 8 nitrogen and oxygen atoms in total. The zero-order chi connectivity index (χ0) is 21.6. The fourth-order valence-corrected chi connectivity index (χ4v) is 3.81. The van der Waals surface area contributed by atoms with Gasteiger partial charge in [-0.05, 0) is 29.8 Å². The number of hydrogen-bond acceptors (Lipinski definition) is 8. The molecule has 0 bridgehead atoms. The van der Waals surface area contributed by atoms with E-state index in [0.29, 0.717) is 11.1 Å². The largest absolute Gasteiger partial charge is 0.508 e. The van der Waals surface area contributed by atoms with Gasteiger partial charge in [0.25, 0.3) is 0 Å². The number of aliphatic hydroxyl groups is 1. The Kier molecular flexibility index (Phi) is 4.71. The molecule has 0 radical (unpaired) electrons. The van der Waals surface area contributed by atoms with Gasteiger partial charge >= 0.3 is 0 Å². The summed E-state index contributed by atoms with van der Waals surface area (Å²) in [6, 6.07) is 11.2. The molecule has 0 unspecified atom stereocenters. The second-order valence-electron chi connectivity index (χ2n) is 7.03. The molecule has 3 aromatic rings. The molecule has 0 aliphatic carbocycles. The fraction of sp³-hybridized carbons (Fsp3) is 0.182. The van der Waals surface area contributed by atoms with Crippen LogP contribution in [0, 0.1) is 0 Å². The molecule has 0 spiro atoms. The summed E-state index contributed by atoms with van der Waals surface area (Å²) in [7, 11) is 1.30. The minimum absolute atomic E-state index is 0.0521. The first kappa shape index (κ1) is 19.5. The van der Waals surface area contributed by atoms with Crippen LogP contribution in [0.1, 0.15) is 28.7 Å². The molecule has 3 atom stereocenters. The predicted octanol–water partition coefficient (Wildman–Crippen LogP) is 2.85. The zero-order valence-corrected chi connectivity index (χ0v) is 15.9. The molecule has 0 saturated heterocycles. The number of hydrogen-bond donors (Lipinski definition) is 6. The van der Waals surface area contributed by atoms with Crippen LogP contribution < -0.4 is 9.47 Å². The van der Waals surface area contributed by atoms with Crippen molar-refractivity contribution in [3.05, 3.63) is 65.2 Å². The van der Waals surface area contributed by atoms with Gasteiger partial charge in [-0.15, -0.1) is 0 Å². The lowest BCUT2D eigenvalue weighted by Crippen LogP contribution is -2.35. The lowest BCUT2D eigenvalue weighted by molar-refractivity contribution is 0.00772. The highest BCUT2D eigenvalue weighted by atomic mass is 16.5. The summed E-state index contributed by atoms with van der Waals surface area (Å²) >= 11 is 0. The fourth-order valence-electron chi connectivity index (χ4n) is 3.81. The number of phenols is 5. The highest BCUT2D eigenvalue weighted by Crippen LogP contribution is 2.51. The van der Waals surface area contributed by atoms with Gasteiger partial charge in [0.05, 0.1) is 7.11 Å². The van der Waals surface area contributed by atoms with E-state index >= 15 is 0 Å². The van der Waals surface area contributed by atoms with Crippen molar-refractivity contribution in [2.45, 2.75) is 18.1 Å². The Bertz CT molecular complexity index is 1110. The number of benzene rings is 3. The Morgan fingerprint density at radius 1 is 0.800 bits per heavy atom. The minimum Gasteiger partial charge on any atom is -0.508 e. The summed E-state index contributed by atoms with van der Waals surface area (Å²) in [6.07, 6.45) is -2.22. The van der Waals surface area contributed by atoms with Crippen LogP contribution in [0.25, 0.3) is 0 Å². The summed E-state index contributed by atoms with van der Waals surface area (Å²) in [5.41, 5.74) is 1.16. The van der Waals surface area contributed by atoms with E-state index in [1.165, 1.54) is 49.6 Å². The lowest BCUT2D eigenvalue weighted by atomic mass is 9.79. The number of phenolic OH excluding ortho intramolecular Hbond substituents is 5. The Labute approximate surface area is 171 Å². The van der Waals surface area contributed by atoms with Gasteiger partial charge in [0.2, 0.25) is 5.75 Å². The third-order valence-corrected chi connectivity index (χ3v) is 5.25. The second kappa shape index (κ2) is 7.23. The Balaban J connectivity index is 1.90. The van der Waals surface area contributed by atoms with Gasteiger partial charge in [-0.2, -0.15) is 0 Å². The molecule has 0 saturated carbocycles. The molecule has 1 aliphatic rings. The standard InChI is InChI=1S/C22H20O8/c1-29-22-15(25)7-5-13(19(22)27)18-12-4-3-11(23)9-17(12)30-21(20(18)28)10-2-6-14(24)16(26)8-10/h2-9,18,20-21,23-28H,1H3/t18-,20-,21+/m0/s1. The number of methoxy groups -OCH3 is 1. The molecule has 0 fully saturated rings. The van der Waals surface area contributed by atoms with Gasteiger partial charge < -0.3 is 40.1 Å². The maximum absolute atomic E-state index is 11.2. The monoisotopic (exact) mass is 412 g/mol. The van der Waals surface area contributed by atoms with Crippen LogP contribution in [0.4, 0.5) is 0 Å².